The van der Waals surface area contributed by atoms with Gasteiger partial charge in [0.1, 0.15) is 0 Å². The van der Waals surface area contributed by atoms with Crippen molar-refractivity contribution in [3.05, 3.63) is 71.4 Å². The first-order chi connectivity index (χ1) is 16.9. The number of halogens is 1. The maximum absolute atomic E-state index is 14.2. The minimum absolute atomic E-state index is 0.00558. The summed E-state index contributed by atoms with van der Waals surface area (Å²) in [6.07, 6.45) is 2.34. The molecular weight excluding hydrogens is 455 g/mol. The molecule has 4 rings (SSSR count). The lowest BCUT2D eigenvalue weighted by Crippen LogP contribution is -2.37. The topological polar surface area (TPSA) is 106 Å². The van der Waals surface area contributed by atoms with Crippen molar-refractivity contribution in [2.45, 2.75) is 26.3 Å². The monoisotopic (exact) mass is 480 g/mol. The molecule has 0 spiro atoms. The van der Waals surface area contributed by atoms with E-state index in [1.165, 1.54) is 37.6 Å². The van der Waals surface area contributed by atoms with Gasteiger partial charge in [0.15, 0.2) is 17.3 Å². The van der Waals surface area contributed by atoms with Crippen LogP contribution in [0.25, 0.3) is 0 Å². The number of benzene rings is 2. The molecule has 1 atom stereocenters. The van der Waals surface area contributed by atoms with E-state index in [0.717, 1.165) is 5.56 Å². The quantitative estimate of drug-likeness (QED) is 0.517. The maximum Gasteiger partial charge on any atom is 0.294 e. The summed E-state index contributed by atoms with van der Waals surface area (Å²) < 4.78 is 29.7. The maximum atomic E-state index is 14.2. The molecule has 0 aliphatic carbocycles. The van der Waals surface area contributed by atoms with Gasteiger partial charge < -0.3 is 19.3 Å². The molecule has 1 aromatic heterocycles. The average molecular weight is 480 g/mol. The molecule has 9 nitrogen and oxygen atoms in total. The molecule has 1 unspecified atom stereocenters. The standard InChI is InChI=1S/C25H25FN4O5/c1-4-16-13-21(31)30(29-22(16)18-9-10-19(26)24(34-3)23(18)33-2)14-15-5-7-17(8-6-15)28-25(32)20-11-12-27-35-20/h5-12,16H,4,13-14H2,1-3H3,(H,28,32). The highest BCUT2D eigenvalue weighted by molar-refractivity contribution is 6.08. The van der Waals surface area contributed by atoms with E-state index in [0.29, 0.717) is 23.4 Å². The minimum atomic E-state index is -0.541. The fourth-order valence-electron chi connectivity index (χ4n) is 3.94. The van der Waals surface area contributed by atoms with Crippen molar-refractivity contribution in [2.24, 2.45) is 11.0 Å². The molecule has 1 aliphatic rings. The lowest BCUT2D eigenvalue weighted by molar-refractivity contribution is -0.133. The van der Waals surface area contributed by atoms with E-state index < -0.39 is 11.7 Å². The van der Waals surface area contributed by atoms with E-state index in [-0.39, 0.29) is 42.0 Å². The van der Waals surface area contributed by atoms with Crippen LogP contribution in [0.4, 0.5) is 10.1 Å². The number of anilines is 1. The van der Waals surface area contributed by atoms with Crippen molar-refractivity contribution in [2.75, 3.05) is 19.5 Å². The van der Waals surface area contributed by atoms with Gasteiger partial charge in [0.05, 0.1) is 32.7 Å². The molecule has 3 aromatic rings. The number of hydrogen-bond acceptors (Lipinski definition) is 7. The lowest BCUT2D eigenvalue weighted by atomic mass is 9.89. The molecule has 2 aromatic carbocycles. The number of hydrazone groups is 1. The van der Waals surface area contributed by atoms with Crippen LogP contribution in [-0.4, -0.2) is 41.9 Å². The molecule has 0 bridgehead atoms. The van der Waals surface area contributed by atoms with E-state index in [9.17, 15) is 14.0 Å². The lowest BCUT2D eigenvalue weighted by Gasteiger charge is -2.30. The Morgan fingerprint density at radius 3 is 2.51 bits per heavy atom. The second-order valence-corrected chi connectivity index (χ2v) is 7.94. The van der Waals surface area contributed by atoms with Gasteiger partial charge in [-0.1, -0.05) is 24.2 Å². The number of nitrogens with zero attached hydrogens (tertiary/aromatic N) is 3. The van der Waals surface area contributed by atoms with Gasteiger partial charge in [0.2, 0.25) is 11.7 Å². The third-order valence-corrected chi connectivity index (χ3v) is 5.77. The molecule has 2 amide bonds. The largest absolute Gasteiger partial charge is 0.492 e. The zero-order valence-corrected chi connectivity index (χ0v) is 19.6. The van der Waals surface area contributed by atoms with Gasteiger partial charge in [-0.05, 0) is 36.2 Å². The fourth-order valence-corrected chi connectivity index (χ4v) is 3.94. The molecule has 0 saturated carbocycles. The summed E-state index contributed by atoms with van der Waals surface area (Å²) >= 11 is 0. The SMILES string of the molecule is CCC1CC(=O)N(Cc2ccc(NC(=O)c3ccno3)cc2)N=C1c1ccc(F)c(OC)c1OC. The Hall–Kier alpha value is -4.21. The van der Waals surface area contributed by atoms with Gasteiger partial charge >= 0.3 is 0 Å². The van der Waals surface area contributed by atoms with Crippen molar-refractivity contribution < 1.29 is 28.0 Å². The number of amides is 2. The zero-order chi connectivity index (χ0) is 24.9. The van der Waals surface area contributed by atoms with Gasteiger partial charge in [-0.3, -0.25) is 9.59 Å². The van der Waals surface area contributed by atoms with E-state index in [1.807, 2.05) is 6.92 Å². The molecule has 35 heavy (non-hydrogen) atoms. The molecule has 10 heteroatoms. The molecule has 0 saturated heterocycles. The highest BCUT2D eigenvalue weighted by Crippen LogP contribution is 2.37. The Morgan fingerprint density at radius 1 is 1.14 bits per heavy atom. The summed E-state index contributed by atoms with van der Waals surface area (Å²) in [5.74, 6) is -0.869. The first-order valence-corrected chi connectivity index (χ1v) is 11.1. The van der Waals surface area contributed by atoms with Crippen LogP contribution in [0, 0.1) is 11.7 Å². The van der Waals surface area contributed by atoms with Crippen LogP contribution in [0.1, 0.15) is 41.4 Å². The van der Waals surface area contributed by atoms with Crippen molar-refractivity contribution in [1.29, 1.82) is 0 Å². The molecule has 1 aliphatic heterocycles. The van der Waals surface area contributed by atoms with Crippen molar-refractivity contribution in [3.63, 3.8) is 0 Å². The van der Waals surface area contributed by atoms with Crippen LogP contribution in [0.5, 0.6) is 11.5 Å². The predicted octanol–water partition coefficient (Wildman–Crippen LogP) is 4.25. The normalized spacial score (nSPS) is 15.5. The third kappa shape index (κ3) is 5.01. The zero-order valence-electron chi connectivity index (χ0n) is 19.6. The first-order valence-electron chi connectivity index (χ1n) is 11.1. The van der Waals surface area contributed by atoms with Crippen LogP contribution in [0.3, 0.4) is 0 Å². The van der Waals surface area contributed by atoms with Crippen molar-refractivity contribution in [3.8, 4) is 11.5 Å². The summed E-state index contributed by atoms with van der Waals surface area (Å²) in [4.78, 5) is 25.0. The number of carbonyl (C=O) groups excluding carboxylic acids is 2. The van der Waals surface area contributed by atoms with Crippen LogP contribution in [0.2, 0.25) is 0 Å². The number of methoxy groups -OCH3 is 2. The first kappa shape index (κ1) is 23.9. The fraction of sp³-hybridized carbons (Fsp3) is 0.280. The molecule has 1 N–H and O–H groups in total. The second-order valence-electron chi connectivity index (χ2n) is 7.94. The van der Waals surface area contributed by atoms with Crippen LogP contribution < -0.4 is 14.8 Å². The van der Waals surface area contributed by atoms with E-state index in [2.05, 4.69) is 15.6 Å². The number of rotatable bonds is 8. The number of carbonyl (C=O) groups is 2. The van der Waals surface area contributed by atoms with Crippen LogP contribution in [0.15, 0.2) is 58.3 Å². The van der Waals surface area contributed by atoms with Crippen LogP contribution >= 0.6 is 0 Å². The minimum Gasteiger partial charge on any atom is -0.492 e. The Labute approximate surface area is 201 Å². The Bertz CT molecular complexity index is 1240. The second kappa shape index (κ2) is 10.4. The van der Waals surface area contributed by atoms with E-state index in [1.54, 1.807) is 30.3 Å². The predicted molar refractivity (Wildman–Crippen MR) is 126 cm³/mol. The third-order valence-electron chi connectivity index (χ3n) is 5.77. The summed E-state index contributed by atoms with van der Waals surface area (Å²) in [6, 6.07) is 11.4. The number of hydrogen-bond donors (Lipinski definition) is 1. The molecular formula is C25H25FN4O5. The summed E-state index contributed by atoms with van der Waals surface area (Å²) in [5.41, 5.74) is 2.61. The van der Waals surface area contributed by atoms with E-state index >= 15 is 0 Å². The van der Waals surface area contributed by atoms with E-state index in [4.69, 9.17) is 14.0 Å². The molecule has 182 valence electrons. The number of nitrogens with one attached hydrogen (secondary N) is 1. The smallest absolute Gasteiger partial charge is 0.294 e. The summed E-state index contributed by atoms with van der Waals surface area (Å²) in [5, 5.41) is 12.3. The van der Waals surface area contributed by atoms with Gasteiger partial charge in [-0.2, -0.15) is 5.10 Å². The highest BCUT2D eigenvalue weighted by Gasteiger charge is 2.32. The average Bonchev–Trinajstić information content (AvgIpc) is 3.41. The Morgan fingerprint density at radius 2 is 1.89 bits per heavy atom. The number of ether oxygens (including phenoxy) is 2. The summed E-state index contributed by atoms with van der Waals surface area (Å²) in [7, 11) is 2.81. The number of aromatic nitrogens is 1. The molecule has 2 heterocycles. The Kier molecular flexibility index (Phi) is 7.09. The molecule has 0 radical (unpaired) electrons. The van der Waals surface area contributed by atoms with Gasteiger partial charge in [0, 0.05) is 29.7 Å². The van der Waals surface area contributed by atoms with Gasteiger partial charge in [-0.25, -0.2) is 9.40 Å². The summed E-state index contributed by atoms with van der Waals surface area (Å²) in [6.45, 7) is 2.21. The van der Waals surface area contributed by atoms with Gasteiger partial charge in [-0.15, -0.1) is 0 Å². The van der Waals surface area contributed by atoms with Crippen molar-refractivity contribution in [1.82, 2.24) is 10.2 Å². The molecule has 0 fully saturated rings. The van der Waals surface area contributed by atoms with Crippen molar-refractivity contribution >= 4 is 23.2 Å². The highest BCUT2D eigenvalue weighted by atomic mass is 19.1. The van der Waals surface area contributed by atoms with Gasteiger partial charge in [0.25, 0.3) is 5.91 Å². The van der Waals surface area contributed by atoms with Crippen LogP contribution in [-0.2, 0) is 11.3 Å². The Balaban J connectivity index is 1.58.